The number of nitrogens with one attached hydrogen (secondary N) is 2. The summed E-state index contributed by atoms with van der Waals surface area (Å²) in [6.45, 7) is 2.55. The van der Waals surface area contributed by atoms with Crippen molar-refractivity contribution in [2.45, 2.75) is 44.8 Å². The number of nitrogens with zero attached hydrogens (tertiary/aromatic N) is 1. The monoisotopic (exact) mass is 413 g/mol. The van der Waals surface area contributed by atoms with Gasteiger partial charge in [-0.1, -0.05) is 28.9 Å². The van der Waals surface area contributed by atoms with E-state index in [9.17, 15) is 9.90 Å². The first kappa shape index (κ1) is 19.9. The molecule has 2 heterocycles. The normalized spacial score (nSPS) is 15.8. The summed E-state index contributed by atoms with van der Waals surface area (Å²) in [4.78, 5) is 11.5. The molecule has 29 heavy (non-hydrogen) atoms. The van der Waals surface area contributed by atoms with Crippen LogP contribution in [0.15, 0.2) is 40.9 Å². The first-order chi connectivity index (χ1) is 14.0. The van der Waals surface area contributed by atoms with Crippen molar-refractivity contribution in [2.75, 3.05) is 11.9 Å². The fourth-order valence-electron chi connectivity index (χ4n) is 3.64. The molecule has 6 nitrogen and oxygen atoms in total. The van der Waals surface area contributed by atoms with E-state index in [1.165, 1.54) is 0 Å². The quantitative estimate of drug-likeness (QED) is 0.544. The number of carbonyl (C=O) groups excluding carboxylic acids is 1. The van der Waals surface area contributed by atoms with Crippen LogP contribution in [0.3, 0.4) is 0 Å². The zero-order valence-electron chi connectivity index (χ0n) is 16.2. The van der Waals surface area contributed by atoms with Gasteiger partial charge in [0.25, 0.3) is 0 Å². The Morgan fingerprint density at radius 1 is 1.28 bits per heavy atom. The van der Waals surface area contributed by atoms with E-state index in [4.69, 9.17) is 16.1 Å². The van der Waals surface area contributed by atoms with Crippen molar-refractivity contribution in [2.24, 2.45) is 0 Å². The number of anilines is 1. The van der Waals surface area contributed by atoms with Crippen LogP contribution in [0.2, 0.25) is 5.02 Å². The van der Waals surface area contributed by atoms with Gasteiger partial charge in [0.2, 0.25) is 5.91 Å². The van der Waals surface area contributed by atoms with Crippen LogP contribution < -0.4 is 10.6 Å². The second-order valence-electron chi connectivity index (χ2n) is 7.60. The summed E-state index contributed by atoms with van der Waals surface area (Å²) < 4.78 is 5.35. The number of rotatable bonds is 7. The topological polar surface area (TPSA) is 87.4 Å². The molecule has 0 fully saturated rings. The SMILES string of the molecule is CC(CCc1noc2cc(Cl)ccc12)NCC(O)c1ccc2c(c1)CCC(=O)N2. The highest BCUT2D eigenvalue weighted by atomic mass is 35.5. The van der Waals surface area contributed by atoms with Gasteiger partial charge in [0.1, 0.15) is 0 Å². The van der Waals surface area contributed by atoms with E-state index in [0.717, 1.165) is 40.7 Å². The number of carbonyl (C=O) groups is 1. The van der Waals surface area contributed by atoms with Crippen molar-refractivity contribution in [1.82, 2.24) is 10.5 Å². The molecule has 2 aromatic carbocycles. The largest absolute Gasteiger partial charge is 0.387 e. The Hall–Kier alpha value is -2.41. The Balaban J connectivity index is 1.30. The molecular formula is C22H24ClN3O3. The van der Waals surface area contributed by atoms with Gasteiger partial charge in [-0.05, 0) is 55.5 Å². The average Bonchev–Trinajstić information content (AvgIpc) is 3.12. The second-order valence-corrected chi connectivity index (χ2v) is 8.03. The van der Waals surface area contributed by atoms with Crippen molar-refractivity contribution < 1.29 is 14.4 Å². The number of hydrogen-bond donors (Lipinski definition) is 3. The summed E-state index contributed by atoms with van der Waals surface area (Å²) in [6, 6.07) is 11.5. The lowest BCUT2D eigenvalue weighted by Gasteiger charge is -2.21. The highest BCUT2D eigenvalue weighted by Gasteiger charge is 2.17. The van der Waals surface area contributed by atoms with Crippen LogP contribution in [0.1, 0.15) is 42.7 Å². The highest BCUT2D eigenvalue weighted by molar-refractivity contribution is 6.31. The molecule has 7 heteroatoms. The summed E-state index contributed by atoms with van der Waals surface area (Å²) >= 11 is 5.98. The van der Waals surface area contributed by atoms with Crippen LogP contribution >= 0.6 is 11.6 Å². The molecule has 1 amide bonds. The molecule has 0 radical (unpaired) electrons. The van der Waals surface area contributed by atoms with Gasteiger partial charge in [-0.2, -0.15) is 0 Å². The van der Waals surface area contributed by atoms with Crippen LogP contribution in [0.5, 0.6) is 0 Å². The standard InChI is InChI=1S/C22H24ClN3O3/c1-13(2-7-19-17-6-5-16(23)11-21(17)29-26-19)24-12-20(27)15-3-8-18-14(10-15)4-9-22(28)25-18/h3,5-6,8,10-11,13,20,24,27H,2,4,7,9,12H2,1H3,(H,25,28). The Kier molecular flexibility index (Phi) is 5.85. The fourth-order valence-corrected chi connectivity index (χ4v) is 3.80. The summed E-state index contributed by atoms with van der Waals surface area (Å²) in [7, 11) is 0. The maximum absolute atomic E-state index is 11.5. The number of benzene rings is 2. The number of halogens is 1. The number of hydrogen-bond acceptors (Lipinski definition) is 5. The fraction of sp³-hybridized carbons (Fsp3) is 0.364. The molecule has 1 aliphatic heterocycles. The van der Waals surface area contributed by atoms with Gasteiger partial charge >= 0.3 is 0 Å². The molecule has 3 N–H and O–H groups in total. The molecule has 0 aliphatic carbocycles. The van der Waals surface area contributed by atoms with E-state index in [2.05, 4.69) is 22.7 Å². The van der Waals surface area contributed by atoms with Gasteiger partial charge in [-0.25, -0.2) is 0 Å². The summed E-state index contributed by atoms with van der Waals surface area (Å²) in [6.07, 6.45) is 2.24. The molecule has 152 valence electrons. The first-order valence-corrected chi connectivity index (χ1v) is 10.3. The first-order valence-electron chi connectivity index (χ1n) is 9.87. The van der Waals surface area contributed by atoms with Crippen molar-refractivity contribution >= 4 is 34.2 Å². The summed E-state index contributed by atoms with van der Waals surface area (Å²) in [5.74, 6) is 0.0456. The van der Waals surface area contributed by atoms with E-state index in [1.54, 1.807) is 6.07 Å². The molecule has 1 aromatic heterocycles. The number of aromatic nitrogens is 1. The summed E-state index contributed by atoms with van der Waals surface area (Å²) in [5.41, 5.74) is 4.40. The zero-order chi connectivity index (χ0) is 20.4. The molecular weight excluding hydrogens is 390 g/mol. The molecule has 0 saturated carbocycles. The van der Waals surface area contributed by atoms with Crippen LogP contribution in [-0.2, 0) is 17.6 Å². The third kappa shape index (κ3) is 4.61. The Morgan fingerprint density at radius 3 is 3.00 bits per heavy atom. The predicted molar refractivity (Wildman–Crippen MR) is 113 cm³/mol. The predicted octanol–water partition coefficient (Wildman–Crippen LogP) is 4.01. The lowest BCUT2D eigenvalue weighted by molar-refractivity contribution is -0.116. The number of aliphatic hydroxyl groups is 1. The third-order valence-electron chi connectivity index (χ3n) is 5.39. The van der Waals surface area contributed by atoms with E-state index >= 15 is 0 Å². The summed E-state index contributed by atoms with van der Waals surface area (Å²) in [5, 5.41) is 22.6. The minimum Gasteiger partial charge on any atom is -0.387 e. The molecule has 1 aliphatic rings. The zero-order valence-corrected chi connectivity index (χ0v) is 17.0. The maximum atomic E-state index is 11.5. The molecule has 2 atom stereocenters. The molecule has 4 rings (SSSR count). The minimum atomic E-state index is -0.601. The highest BCUT2D eigenvalue weighted by Crippen LogP contribution is 2.26. The van der Waals surface area contributed by atoms with Crippen molar-refractivity contribution in [1.29, 1.82) is 0 Å². The Morgan fingerprint density at radius 2 is 2.14 bits per heavy atom. The van der Waals surface area contributed by atoms with E-state index in [1.807, 2.05) is 30.3 Å². The number of fused-ring (bicyclic) bond motifs is 2. The average molecular weight is 414 g/mol. The maximum Gasteiger partial charge on any atom is 0.224 e. The number of aliphatic hydroxyl groups excluding tert-OH is 1. The van der Waals surface area contributed by atoms with E-state index < -0.39 is 6.10 Å². The smallest absolute Gasteiger partial charge is 0.224 e. The van der Waals surface area contributed by atoms with Gasteiger partial charge < -0.3 is 20.3 Å². The van der Waals surface area contributed by atoms with Gasteiger partial charge in [0.05, 0.1) is 11.8 Å². The van der Waals surface area contributed by atoms with E-state index in [0.29, 0.717) is 30.0 Å². The van der Waals surface area contributed by atoms with Crippen molar-refractivity contribution in [3.05, 3.63) is 58.2 Å². The second kappa shape index (κ2) is 8.53. The Labute approximate surface area is 174 Å². The molecule has 0 spiro atoms. The minimum absolute atomic E-state index is 0.0456. The Bertz CT molecular complexity index is 1030. The third-order valence-corrected chi connectivity index (χ3v) is 5.63. The molecule has 0 bridgehead atoms. The van der Waals surface area contributed by atoms with Crippen LogP contribution in [0, 0.1) is 0 Å². The van der Waals surface area contributed by atoms with Crippen molar-refractivity contribution in [3.8, 4) is 0 Å². The lowest BCUT2D eigenvalue weighted by atomic mass is 9.98. The number of aryl methyl sites for hydroxylation is 2. The van der Waals surface area contributed by atoms with Gasteiger partial charge in [-0.15, -0.1) is 0 Å². The number of amides is 1. The molecule has 2 unspecified atom stereocenters. The lowest BCUT2D eigenvalue weighted by Crippen LogP contribution is -2.31. The van der Waals surface area contributed by atoms with Crippen LogP contribution in [0.25, 0.3) is 11.0 Å². The van der Waals surface area contributed by atoms with E-state index in [-0.39, 0.29) is 11.9 Å². The van der Waals surface area contributed by atoms with Gasteiger partial charge in [0.15, 0.2) is 5.58 Å². The van der Waals surface area contributed by atoms with Crippen LogP contribution in [0.4, 0.5) is 5.69 Å². The van der Waals surface area contributed by atoms with Gasteiger partial charge in [-0.3, -0.25) is 4.79 Å². The van der Waals surface area contributed by atoms with Crippen LogP contribution in [-0.4, -0.2) is 28.8 Å². The molecule has 3 aromatic rings. The van der Waals surface area contributed by atoms with Crippen molar-refractivity contribution in [3.63, 3.8) is 0 Å². The van der Waals surface area contributed by atoms with Gasteiger partial charge in [0, 0.05) is 41.2 Å². The molecule has 0 saturated heterocycles.